The number of halogens is 1. The monoisotopic (exact) mass is 510 g/mol. The van der Waals surface area contributed by atoms with E-state index in [0.29, 0.717) is 13.1 Å². The van der Waals surface area contributed by atoms with Gasteiger partial charge >= 0.3 is 0 Å². The second-order valence-corrected chi connectivity index (χ2v) is 6.74. The molecule has 0 saturated carbocycles. The SMILES string of the molecule is CCNC(=NCc1cccc(OC)c1)NCc1ccc(NC(=O)C(C)C)cc1.I. The Morgan fingerprint density at radius 1 is 1.07 bits per heavy atom. The summed E-state index contributed by atoms with van der Waals surface area (Å²) in [6.45, 7) is 7.77. The van der Waals surface area contributed by atoms with Crippen LogP contribution in [0, 0.1) is 5.92 Å². The molecule has 0 heterocycles. The molecule has 0 bridgehead atoms. The molecule has 0 atom stereocenters. The fourth-order valence-corrected chi connectivity index (χ4v) is 2.46. The summed E-state index contributed by atoms with van der Waals surface area (Å²) in [6, 6.07) is 15.7. The fourth-order valence-electron chi connectivity index (χ4n) is 2.46. The van der Waals surface area contributed by atoms with Gasteiger partial charge in [0.05, 0.1) is 13.7 Å². The molecule has 7 heteroatoms. The predicted molar refractivity (Wildman–Crippen MR) is 130 cm³/mol. The molecule has 0 aromatic heterocycles. The molecule has 0 aliphatic carbocycles. The van der Waals surface area contributed by atoms with Gasteiger partial charge in [0.25, 0.3) is 0 Å². The third-order valence-electron chi connectivity index (χ3n) is 4.10. The van der Waals surface area contributed by atoms with Crippen LogP contribution in [-0.4, -0.2) is 25.5 Å². The minimum atomic E-state index is -0.0372. The summed E-state index contributed by atoms with van der Waals surface area (Å²) in [7, 11) is 1.66. The number of carbonyl (C=O) groups excluding carboxylic acids is 1. The van der Waals surface area contributed by atoms with Gasteiger partial charge in [-0.3, -0.25) is 4.79 Å². The molecule has 0 fully saturated rings. The molecular weight excluding hydrogens is 479 g/mol. The number of hydrogen-bond acceptors (Lipinski definition) is 3. The molecule has 158 valence electrons. The van der Waals surface area contributed by atoms with Crippen LogP contribution in [-0.2, 0) is 17.9 Å². The topological polar surface area (TPSA) is 74.8 Å². The Labute approximate surface area is 190 Å². The minimum absolute atomic E-state index is 0. The number of aliphatic imine (C=N–C) groups is 1. The van der Waals surface area contributed by atoms with E-state index in [1.807, 2.05) is 69.3 Å². The largest absolute Gasteiger partial charge is 0.497 e. The number of carbonyl (C=O) groups is 1. The van der Waals surface area contributed by atoms with Crippen LogP contribution >= 0.6 is 24.0 Å². The van der Waals surface area contributed by atoms with Crippen LogP contribution < -0.4 is 20.7 Å². The smallest absolute Gasteiger partial charge is 0.226 e. The number of ether oxygens (including phenoxy) is 1. The molecule has 2 aromatic carbocycles. The number of benzene rings is 2. The Morgan fingerprint density at radius 2 is 1.79 bits per heavy atom. The maximum atomic E-state index is 11.8. The lowest BCUT2D eigenvalue weighted by molar-refractivity contribution is -0.118. The molecule has 2 rings (SSSR count). The van der Waals surface area contributed by atoms with Gasteiger partial charge in [-0.1, -0.05) is 38.1 Å². The zero-order valence-electron chi connectivity index (χ0n) is 17.5. The first-order valence-corrected chi connectivity index (χ1v) is 9.56. The van der Waals surface area contributed by atoms with Crippen LogP contribution in [0.5, 0.6) is 5.75 Å². The van der Waals surface area contributed by atoms with Crippen molar-refractivity contribution in [1.29, 1.82) is 0 Å². The number of hydrogen-bond donors (Lipinski definition) is 3. The van der Waals surface area contributed by atoms with Crippen molar-refractivity contribution in [2.24, 2.45) is 10.9 Å². The second-order valence-electron chi connectivity index (χ2n) is 6.74. The minimum Gasteiger partial charge on any atom is -0.497 e. The van der Waals surface area contributed by atoms with Crippen LogP contribution in [0.15, 0.2) is 53.5 Å². The van der Waals surface area contributed by atoms with Crippen molar-refractivity contribution in [3.05, 3.63) is 59.7 Å². The van der Waals surface area contributed by atoms with Gasteiger partial charge in [0.2, 0.25) is 5.91 Å². The van der Waals surface area contributed by atoms with Crippen molar-refractivity contribution in [2.75, 3.05) is 19.0 Å². The molecule has 0 spiro atoms. The summed E-state index contributed by atoms with van der Waals surface area (Å²) in [6.07, 6.45) is 0. The molecule has 29 heavy (non-hydrogen) atoms. The first kappa shape index (κ1) is 24.7. The molecule has 0 saturated heterocycles. The van der Waals surface area contributed by atoms with Crippen LogP contribution in [0.2, 0.25) is 0 Å². The van der Waals surface area contributed by atoms with E-state index in [9.17, 15) is 4.79 Å². The highest BCUT2D eigenvalue weighted by Crippen LogP contribution is 2.13. The highest BCUT2D eigenvalue weighted by molar-refractivity contribution is 14.0. The lowest BCUT2D eigenvalue weighted by atomic mass is 10.1. The summed E-state index contributed by atoms with van der Waals surface area (Å²) in [5.41, 5.74) is 3.00. The third-order valence-corrected chi connectivity index (χ3v) is 4.10. The Balaban J connectivity index is 0.00000420. The summed E-state index contributed by atoms with van der Waals surface area (Å²) in [5, 5.41) is 9.48. The van der Waals surface area contributed by atoms with Crippen LogP contribution in [0.1, 0.15) is 31.9 Å². The summed E-state index contributed by atoms with van der Waals surface area (Å²) in [5.74, 6) is 1.56. The molecule has 1 amide bonds. The Hall–Kier alpha value is -2.29. The third kappa shape index (κ3) is 8.72. The molecule has 2 aromatic rings. The van der Waals surface area contributed by atoms with Gasteiger partial charge < -0.3 is 20.7 Å². The number of nitrogens with zero attached hydrogens (tertiary/aromatic N) is 1. The Morgan fingerprint density at radius 3 is 2.41 bits per heavy atom. The molecule has 3 N–H and O–H groups in total. The van der Waals surface area contributed by atoms with E-state index in [1.54, 1.807) is 7.11 Å². The fraction of sp³-hybridized carbons (Fsp3) is 0.364. The predicted octanol–water partition coefficient (Wildman–Crippen LogP) is 4.16. The average Bonchev–Trinajstić information content (AvgIpc) is 2.71. The van der Waals surface area contributed by atoms with Crippen LogP contribution in [0.3, 0.4) is 0 Å². The standard InChI is InChI=1S/C22H30N4O2.HI/c1-5-23-22(25-15-18-7-6-8-20(13-18)28-4)24-14-17-9-11-19(12-10-17)26-21(27)16(2)3;/h6-13,16H,5,14-15H2,1-4H3,(H,26,27)(H2,23,24,25);1H. The van der Waals surface area contributed by atoms with Crippen molar-refractivity contribution in [3.8, 4) is 5.75 Å². The second kappa shape index (κ2) is 13.0. The maximum Gasteiger partial charge on any atom is 0.226 e. The quantitative estimate of drug-likeness (QED) is 0.283. The molecule has 6 nitrogen and oxygen atoms in total. The highest BCUT2D eigenvalue weighted by atomic mass is 127. The van der Waals surface area contributed by atoms with Crippen molar-refractivity contribution in [2.45, 2.75) is 33.9 Å². The Kier molecular flexibility index (Phi) is 11.1. The number of anilines is 1. The molecular formula is C22H31IN4O2. The number of rotatable bonds is 8. The summed E-state index contributed by atoms with van der Waals surface area (Å²) >= 11 is 0. The van der Waals surface area contributed by atoms with E-state index in [-0.39, 0.29) is 35.8 Å². The lowest BCUT2D eigenvalue weighted by Crippen LogP contribution is -2.36. The van der Waals surface area contributed by atoms with E-state index >= 15 is 0 Å². The molecule has 0 radical (unpaired) electrons. The van der Waals surface area contributed by atoms with Gasteiger partial charge in [0.1, 0.15) is 5.75 Å². The van der Waals surface area contributed by atoms with Gasteiger partial charge in [0.15, 0.2) is 5.96 Å². The first-order valence-electron chi connectivity index (χ1n) is 9.56. The zero-order chi connectivity index (χ0) is 20.4. The van der Waals surface area contributed by atoms with E-state index in [2.05, 4.69) is 20.9 Å². The van der Waals surface area contributed by atoms with Gasteiger partial charge in [-0.2, -0.15) is 0 Å². The van der Waals surface area contributed by atoms with E-state index in [4.69, 9.17) is 4.74 Å². The summed E-state index contributed by atoms with van der Waals surface area (Å²) in [4.78, 5) is 16.4. The Bertz CT molecular complexity index is 792. The number of methoxy groups -OCH3 is 1. The van der Waals surface area contributed by atoms with Crippen molar-refractivity contribution in [1.82, 2.24) is 10.6 Å². The van der Waals surface area contributed by atoms with Gasteiger partial charge in [-0.15, -0.1) is 24.0 Å². The highest BCUT2D eigenvalue weighted by Gasteiger charge is 2.07. The maximum absolute atomic E-state index is 11.8. The lowest BCUT2D eigenvalue weighted by Gasteiger charge is -2.12. The normalized spacial score (nSPS) is 10.9. The number of amides is 1. The zero-order valence-corrected chi connectivity index (χ0v) is 19.8. The number of guanidine groups is 1. The van der Waals surface area contributed by atoms with E-state index < -0.39 is 0 Å². The molecule has 0 aliphatic heterocycles. The van der Waals surface area contributed by atoms with Crippen molar-refractivity contribution < 1.29 is 9.53 Å². The summed E-state index contributed by atoms with van der Waals surface area (Å²) < 4.78 is 5.26. The van der Waals surface area contributed by atoms with Crippen molar-refractivity contribution in [3.63, 3.8) is 0 Å². The van der Waals surface area contributed by atoms with Gasteiger partial charge in [0, 0.05) is 24.7 Å². The van der Waals surface area contributed by atoms with Crippen LogP contribution in [0.4, 0.5) is 5.69 Å². The average molecular weight is 510 g/mol. The molecule has 0 unspecified atom stereocenters. The first-order chi connectivity index (χ1) is 13.5. The van der Waals surface area contributed by atoms with E-state index in [0.717, 1.165) is 35.1 Å². The number of nitrogens with one attached hydrogen (secondary N) is 3. The molecule has 0 aliphatic rings. The van der Waals surface area contributed by atoms with Crippen LogP contribution in [0.25, 0.3) is 0 Å². The van der Waals surface area contributed by atoms with E-state index in [1.165, 1.54) is 0 Å². The van der Waals surface area contributed by atoms with Gasteiger partial charge in [-0.25, -0.2) is 4.99 Å². The van der Waals surface area contributed by atoms with Crippen molar-refractivity contribution >= 4 is 41.5 Å². The van der Waals surface area contributed by atoms with Gasteiger partial charge in [-0.05, 0) is 42.3 Å².